The Hall–Kier alpha value is -2.25. The largest absolute Gasteiger partial charge is 0.486 e. The van der Waals surface area contributed by atoms with Crippen LogP contribution in [0.5, 0.6) is 5.75 Å². The van der Waals surface area contributed by atoms with Crippen molar-refractivity contribution in [1.29, 1.82) is 0 Å². The zero-order chi connectivity index (χ0) is 14.8. The van der Waals surface area contributed by atoms with Gasteiger partial charge in [0, 0.05) is 17.8 Å². The lowest BCUT2D eigenvalue weighted by Crippen LogP contribution is -2.15. The molecule has 0 saturated carbocycles. The monoisotopic (exact) mass is 322 g/mol. The molecule has 0 atom stereocenters. The van der Waals surface area contributed by atoms with Crippen LogP contribution in [0.15, 0.2) is 41.1 Å². The zero-order valence-corrected chi connectivity index (χ0v) is 12.3. The summed E-state index contributed by atoms with van der Waals surface area (Å²) in [4.78, 5) is 5.32. The predicted molar refractivity (Wildman–Crippen MR) is 81.4 cm³/mol. The number of nitrogens with zero attached hydrogens (tertiary/aromatic N) is 3. The van der Waals surface area contributed by atoms with Crippen molar-refractivity contribution in [1.82, 2.24) is 9.38 Å². The summed E-state index contributed by atoms with van der Waals surface area (Å²) >= 11 is 7.61. The summed E-state index contributed by atoms with van der Waals surface area (Å²) in [6.07, 6.45) is 3.82. The number of oxime groups is 1. The summed E-state index contributed by atoms with van der Waals surface area (Å²) in [6, 6.07) is 5.09. The number of halogens is 1. The number of benzene rings is 1. The highest BCUT2D eigenvalue weighted by atomic mass is 35.5. The number of ether oxygens (including phenoxy) is 1. The topological polar surface area (TPSA) is 85.1 Å². The molecule has 0 saturated heterocycles. The smallest absolute Gasteiger partial charge is 0.193 e. The molecule has 3 N–H and O–H groups in total. The van der Waals surface area contributed by atoms with E-state index in [0.29, 0.717) is 16.3 Å². The third-order valence-electron chi connectivity index (χ3n) is 2.86. The lowest BCUT2D eigenvalue weighted by atomic mass is 10.2. The number of hydrogen-bond acceptors (Lipinski definition) is 5. The highest BCUT2D eigenvalue weighted by molar-refractivity contribution is 7.15. The van der Waals surface area contributed by atoms with Crippen LogP contribution in [0.25, 0.3) is 4.96 Å². The van der Waals surface area contributed by atoms with Gasteiger partial charge in [-0.2, -0.15) is 0 Å². The number of amidine groups is 1. The van der Waals surface area contributed by atoms with E-state index in [4.69, 9.17) is 27.3 Å². The van der Waals surface area contributed by atoms with Crippen LogP contribution >= 0.6 is 22.9 Å². The molecule has 2 aromatic heterocycles. The molecule has 108 valence electrons. The van der Waals surface area contributed by atoms with Gasteiger partial charge in [-0.05, 0) is 12.1 Å². The highest BCUT2D eigenvalue weighted by Gasteiger charge is 2.13. The molecule has 3 rings (SSSR count). The van der Waals surface area contributed by atoms with Crippen LogP contribution in [-0.2, 0) is 6.61 Å². The molecule has 0 amide bonds. The third-order valence-corrected chi connectivity index (χ3v) is 3.94. The van der Waals surface area contributed by atoms with Crippen LogP contribution in [0.4, 0.5) is 0 Å². The average Bonchev–Trinajstić information content (AvgIpc) is 3.05. The van der Waals surface area contributed by atoms with Crippen LogP contribution in [0.2, 0.25) is 5.02 Å². The summed E-state index contributed by atoms with van der Waals surface area (Å²) in [5.74, 6) is 0.343. The van der Waals surface area contributed by atoms with Crippen molar-refractivity contribution in [3.05, 3.63) is 52.3 Å². The first-order valence-corrected chi connectivity index (χ1v) is 7.25. The van der Waals surface area contributed by atoms with E-state index in [1.165, 1.54) is 0 Å². The van der Waals surface area contributed by atoms with Crippen LogP contribution in [0, 0.1) is 0 Å². The van der Waals surface area contributed by atoms with Crippen molar-refractivity contribution in [2.75, 3.05) is 0 Å². The second-order valence-corrected chi connectivity index (χ2v) is 5.49. The molecule has 6 nitrogen and oxygen atoms in total. The average molecular weight is 323 g/mol. The van der Waals surface area contributed by atoms with Crippen molar-refractivity contribution < 1.29 is 9.94 Å². The normalized spacial score (nSPS) is 12.0. The van der Waals surface area contributed by atoms with Gasteiger partial charge in [0.1, 0.15) is 12.4 Å². The minimum Gasteiger partial charge on any atom is -0.486 e. The Morgan fingerprint density at radius 3 is 3.14 bits per heavy atom. The molecule has 0 aliphatic rings. The SMILES string of the molecule is N/C(=N/O)c1c(Cl)cccc1OCc1cn2ccsc2n1. The fraction of sp³-hybridized carbons (Fsp3) is 0.0769. The summed E-state index contributed by atoms with van der Waals surface area (Å²) in [5, 5.41) is 14.1. The fourth-order valence-electron chi connectivity index (χ4n) is 1.92. The molecule has 2 heterocycles. The van der Waals surface area contributed by atoms with Crippen LogP contribution in [0.3, 0.4) is 0 Å². The summed E-state index contributed by atoms with van der Waals surface area (Å²) in [6.45, 7) is 0.264. The highest BCUT2D eigenvalue weighted by Crippen LogP contribution is 2.27. The van der Waals surface area contributed by atoms with E-state index in [1.54, 1.807) is 29.5 Å². The van der Waals surface area contributed by atoms with Crippen molar-refractivity contribution in [2.24, 2.45) is 10.9 Å². The molecule has 0 bridgehead atoms. The number of nitrogens with two attached hydrogens (primary N) is 1. The van der Waals surface area contributed by atoms with Gasteiger partial charge in [0.05, 0.1) is 16.3 Å². The first-order valence-electron chi connectivity index (χ1n) is 5.99. The van der Waals surface area contributed by atoms with Crippen LogP contribution in [0.1, 0.15) is 11.3 Å². The van der Waals surface area contributed by atoms with E-state index in [0.717, 1.165) is 10.7 Å². The maximum atomic E-state index is 8.82. The molecule has 0 aliphatic heterocycles. The number of rotatable bonds is 4. The first-order chi connectivity index (χ1) is 10.2. The molecular formula is C13H11ClN4O2S. The van der Waals surface area contributed by atoms with Gasteiger partial charge in [0.2, 0.25) is 0 Å². The maximum Gasteiger partial charge on any atom is 0.193 e. The Morgan fingerprint density at radius 2 is 2.38 bits per heavy atom. The van der Waals surface area contributed by atoms with E-state index in [2.05, 4.69) is 10.1 Å². The van der Waals surface area contributed by atoms with E-state index in [9.17, 15) is 0 Å². The van der Waals surface area contributed by atoms with Gasteiger partial charge < -0.3 is 15.7 Å². The first kappa shape index (κ1) is 13.7. The van der Waals surface area contributed by atoms with Crippen molar-refractivity contribution in [3.63, 3.8) is 0 Å². The lowest BCUT2D eigenvalue weighted by molar-refractivity contribution is 0.299. The van der Waals surface area contributed by atoms with Gasteiger partial charge in [-0.3, -0.25) is 4.40 Å². The van der Waals surface area contributed by atoms with Gasteiger partial charge in [-0.1, -0.05) is 22.8 Å². The Morgan fingerprint density at radius 1 is 1.52 bits per heavy atom. The quantitative estimate of drug-likeness (QED) is 0.335. The third kappa shape index (κ3) is 2.65. The van der Waals surface area contributed by atoms with Crippen molar-refractivity contribution >= 4 is 33.7 Å². The second-order valence-electron chi connectivity index (χ2n) is 4.21. The fourth-order valence-corrected chi connectivity index (χ4v) is 2.90. The van der Waals surface area contributed by atoms with Gasteiger partial charge in [-0.15, -0.1) is 11.3 Å². The minimum absolute atomic E-state index is 0.0959. The second kappa shape index (κ2) is 5.63. The van der Waals surface area contributed by atoms with Crippen molar-refractivity contribution in [2.45, 2.75) is 6.61 Å². The maximum absolute atomic E-state index is 8.82. The number of fused-ring (bicyclic) bond motifs is 1. The molecule has 0 unspecified atom stereocenters. The molecule has 0 fully saturated rings. The van der Waals surface area contributed by atoms with Gasteiger partial charge >= 0.3 is 0 Å². The predicted octanol–water partition coefficient (Wildman–Crippen LogP) is 2.72. The molecule has 3 aromatic rings. The Bertz CT molecular complexity index is 783. The number of hydrogen-bond donors (Lipinski definition) is 2. The van der Waals surface area contributed by atoms with Crippen LogP contribution in [-0.4, -0.2) is 20.4 Å². The molecule has 1 aromatic carbocycles. The number of thiazole rings is 1. The summed E-state index contributed by atoms with van der Waals surface area (Å²) in [7, 11) is 0. The molecule has 0 spiro atoms. The zero-order valence-electron chi connectivity index (χ0n) is 10.7. The van der Waals surface area contributed by atoms with Gasteiger partial charge in [-0.25, -0.2) is 4.98 Å². The molecule has 8 heteroatoms. The van der Waals surface area contributed by atoms with E-state index < -0.39 is 0 Å². The molecule has 0 aliphatic carbocycles. The molecule has 21 heavy (non-hydrogen) atoms. The van der Waals surface area contributed by atoms with E-state index in [-0.39, 0.29) is 12.4 Å². The molecule has 0 radical (unpaired) electrons. The van der Waals surface area contributed by atoms with Crippen LogP contribution < -0.4 is 10.5 Å². The summed E-state index contributed by atoms with van der Waals surface area (Å²) < 4.78 is 7.62. The summed E-state index contributed by atoms with van der Waals surface area (Å²) in [5.41, 5.74) is 6.78. The standard InChI is InChI=1S/C13H11ClN4O2S/c14-9-2-1-3-10(11(9)12(15)17-19)20-7-8-6-18-4-5-21-13(18)16-8/h1-6,19H,7H2,(H2,15,17). The number of imidazole rings is 1. The van der Waals surface area contributed by atoms with Crippen molar-refractivity contribution in [3.8, 4) is 5.75 Å². The number of aromatic nitrogens is 2. The van der Waals surface area contributed by atoms with E-state index >= 15 is 0 Å². The van der Waals surface area contributed by atoms with Gasteiger partial charge in [0.25, 0.3) is 0 Å². The Labute approximate surface area is 129 Å². The van der Waals surface area contributed by atoms with Gasteiger partial charge in [0.15, 0.2) is 10.8 Å². The van der Waals surface area contributed by atoms with E-state index in [1.807, 2.05) is 22.2 Å². The Kier molecular flexibility index (Phi) is 3.68. The Balaban J connectivity index is 1.85. The minimum atomic E-state index is -0.0959. The molecular weight excluding hydrogens is 312 g/mol. The lowest BCUT2D eigenvalue weighted by Gasteiger charge is -2.10.